The van der Waals surface area contributed by atoms with Gasteiger partial charge in [-0.15, -0.1) is 0 Å². The van der Waals surface area contributed by atoms with Gasteiger partial charge in [-0.25, -0.2) is 8.42 Å². The van der Waals surface area contributed by atoms with Gasteiger partial charge in [0.1, 0.15) is 12.6 Å². The van der Waals surface area contributed by atoms with Crippen molar-refractivity contribution in [1.29, 1.82) is 0 Å². The first-order chi connectivity index (χ1) is 21.0. The first kappa shape index (κ1) is 33.3. The van der Waals surface area contributed by atoms with E-state index in [0.717, 1.165) is 15.4 Å². The van der Waals surface area contributed by atoms with Gasteiger partial charge in [0.2, 0.25) is 11.8 Å². The van der Waals surface area contributed by atoms with Crippen molar-refractivity contribution in [3.8, 4) is 0 Å². The van der Waals surface area contributed by atoms with Crippen LogP contribution >= 0.6 is 34.8 Å². The van der Waals surface area contributed by atoms with E-state index in [2.05, 4.69) is 5.32 Å². The quantitative estimate of drug-likeness (QED) is 0.177. The van der Waals surface area contributed by atoms with E-state index < -0.39 is 28.5 Å². The lowest BCUT2D eigenvalue weighted by Crippen LogP contribution is -2.53. The molecular formula is C33H32Cl3N3O4S. The number of aryl methyl sites for hydroxylation is 1. The van der Waals surface area contributed by atoms with Gasteiger partial charge >= 0.3 is 0 Å². The number of likely N-dealkylation sites (N-methyl/N-ethyl adjacent to an activating group) is 1. The minimum Gasteiger partial charge on any atom is -0.355 e. The molecular weight excluding hydrogens is 641 g/mol. The molecule has 0 aromatic heterocycles. The Morgan fingerprint density at radius 1 is 0.841 bits per heavy atom. The Bertz CT molecular complexity index is 1720. The molecule has 0 aliphatic rings. The summed E-state index contributed by atoms with van der Waals surface area (Å²) in [6, 6.07) is 25.8. The third-order valence-corrected chi connectivity index (χ3v) is 9.58. The normalized spacial score (nSPS) is 11.9. The maximum Gasteiger partial charge on any atom is 0.264 e. The van der Waals surface area contributed by atoms with Crippen LogP contribution in [0.15, 0.2) is 102 Å². The molecule has 4 aromatic rings. The molecule has 11 heteroatoms. The number of sulfonamides is 1. The molecule has 0 saturated carbocycles. The van der Waals surface area contributed by atoms with Crippen molar-refractivity contribution in [2.75, 3.05) is 17.4 Å². The summed E-state index contributed by atoms with van der Waals surface area (Å²) in [4.78, 5) is 29.3. The lowest BCUT2D eigenvalue weighted by molar-refractivity contribution is -0.140. The van der Waals surface area contributed by atoms with E-state index in [1.54, 1.807) is 43.3 Å². The number of carbonyl (C=O) groups excluding carboxylic acids is 2. The number of hydrogen-bond donors (Lipinski definition) is 1. The van der Waals surface area contributed by atoms with Crippen molar-refractivity contribution in [3.63, 3.8) is 0 Å². The van der Waals surface area contributed by atoms with Gasteiger partial charge in [-0.2, -0.15) is 0 Å². The van der Waals surface area contributed by atoms with E-state index >= 15 is 0 Å². The number of hydrogen-bond acceptors (Lipinski definition) is 4. The summed E-state index contributed by atoms with van der Waals surface area (Å²) in [5.41, 5.74) is 2.48. The summed E-state index contributed by atoms with van der Waals surface area (Å²) >= 11 is 18.7. The van der Waals surface area contributed by atoms with Crippen molar-refractivity contribution < 1.29 is 18.0 Å². The topological polar surface area (TPSA) is 86.8 Å². The number of carbonyl (C=O) groups is 2. The lowest BCUT2D eigenvalue weighted by Gasteiger charge is -2.34. The minimum atomic E-state index is -4.23. The zero-order valence-corrected chi connectivity index (χ0v) is 27.3. The van der Waals surface area contributed by atoms with Crippen LogP contribution < -0.4 is 9.62 Å². The van der Waals surface area contributed by atoms with Crippen LogP contribution in [0, 0.1) is 6.92 Å². The fourth-order valence-electron chi connectivity index (χ4n) is 4.73. The Kier molecular flexibility index (Phi) is 11.3. The van der Waals surface area contributed by atoms with E-state index in [1.807, 2.05) is 43.3 Å². The zero-order chi connectivity index (χ0) is 31.9. The second kappa shape index (κ2) is 14.9. The summed E-state index contributed by atoms with van der Waals surface area (Å²) in [5, 5.41) is 3.94. The summed E-state index contributed by atoms with van der Waals surface area (Å²) in [5.74, 6) is -0.973. The van der Waals surface area contributed by atoms with Gasteiger partial charge in [-0.3, -0.25) is 13.9 Å². The van der Waals surface area contributed by atoms with Crippen LogP contribution in [-0.4, -0.2) is 44.3 Å². The number of halogens is 3. The van der Waals surface area contributed by atoms with E-state index in [-0.39, 0.29) is 23.8 Å². The van der Waals surface area contributed by atoms with Crippen LogP contribution in [0.2, 0.25) is 15.1 Å². The highest BCUT2D eigenvalue weighted by Gasteiger charge is 2.34. The average Bonchev–Trinajstić information content (AvgIpc) is 2.99. The molecule has 0 aliphatic heterocycles. The molecule has 0 saturated heterocycles. The highest BCUT2D eigenvalue weighted by atomic mass is 35.5. The van der Waals surface area contributed by atoms with E-state index in [1.165, 1.54) is 29.2 Å². The molecule has 0 spiro atoms. The van der Waals surface area contributed by atoms with Gasteiger partial charge in [0, 0.05) is 34.6 Å². The zero-order valence-electron chi connectivity index (χ0n) is 24.2. The van der Waals surface area contributed by atoms with Crippen molar-refractivity contribution in [2.45, 2.75) is 37.8 Å². The fourth-order valence-corrected chi connectivity index (χ4v) is 6.73. The van der Waals surface area contributed by atoms with Gasteiger partial charge in [-0.1, -0.05) is 83.3 Å². The highest BCUT2D eigenvalue weighted by Crippen LogP contribution is 2.28. The van der Waals surface area contributed by atoms with Gasteiger partial charge in [0.05, 0.1) is 10.6 Å². The largest absolute Gasteiger partial charge is 0.355 e. The van der Waals surface area contributed by atoms with Crippen molar-refractivity contribution in [1.82, 2.24) is 10.2 Å². The van der Waals surface area contributed by atoms with Gasteiger partial charge < -0.3 is 10.2 Å². The maximum absolute atomic E-state index is 14.4. The van der Waals surface area contributed by atoms with E-state index in [0.29, 0.717) is 32.9 Å². The number of benzene rings is 4. The van der Waals surface area contributed by atoms with Crippen LogP contribution in [0.4, 0.5) is 5.69 Å². The molecule has 0 bridgehead atoms. The SMILES string of the molecule is CCNC(=O)C(Cc1ccccc1)N(Cc1ccc(Cl)cc1Cl)C(=O)CN(c1cccc(C)c1)S(=O)(=O)c1ccc(Cl)cc1. The maximum atomic E-state index is 14.4. The van der Waals surface area contributed by atoms with E-state index in [4.69, 9.17) is 34.8 Å². The van der Waals surface area contributed by atoms with Crippen molar-refractivity contribution in [2.24, 2.45) is 0 Å². The molecule has 44 heavy (non-hydrogen) atoms. The van der Waals surface area contributed by atoms with Crippen LogP contribution in [0.3, 0.4) is 0 Å². The number of nitrogens with one attached hydrogen (secondary N) is 1. The second-order valence-corrected chi connectivity index (χ2v) is 13.3. The average molecular weight is 673 g/mol. The van der Waals surface area contributed by atoms with Crippen LogP contribution in [0.1, 0.15) is 23.6 Å². The van der Waals surface area contributed by atoms with Crippen LogP contribution in [0.5, 0.6) is 0 Å². The summed E-state index contributed by atoms with van der Waals surface area (Å²) < 4.78 is 29.2. The molecule has 4 aromatic carbocycles. The Morgan fingerprint density at radius 3 is 2.16 bits per heavy atom. The number of amides is 2. The first-order valence-corrected chi connectivity index (χ1v) is 16.5. The first-order valence-electron chi connectivity index (χ1n) is 13.9. The molecule has 4 rings (SSSR count). The van der Waals surface area contributed by atoms with Crippen LogP contribution in [0.25, 0.3) is 0 Å². The van der Waals surface area contributed by atoms with Gasteiger partial charge in [-0.05, 0) is 79.1 Å². The molecule has 0 heterocycles. The molecule has 7 nitrogen and oxygen atoms in total. The second-order valence-electron chi connectivity index (χ2n) is 10.2. The predicted molar refractivity (Wildman–Crippen MR) is 177 cm³/mol. The third kappa shape index (κ3) is 8.33. The molecule has 0 radical (unpaired) electrons. The number of anilines is 1. The third-order valence-electron chi connectivity index (χ3n) is 6.95. The number of nitrogens with zero attached hydrogens (tertiary/aromatic N) is 2. The molecule has 1 atom stereocenters. The van der Waals surface area contributed by atoms with Crippen LogP contribution in [-0.2, 0) is 32.6 Å². The van der Waals surface area contributed by atoms with Gasteiger partial charge in [0.25, 0.3) is 10.0 Å². The minimum absolute atomic E-state index is 0.0342. The smallest absolute Gasteiger partial charge is 0.264 e. The Hall–Kier alpha value is -3.56. The Morgan fingerprint density at radius 2 is 1.52 bits per heavy atom. The molecule has 0 fully saturated rings. The summed E-state index contributed by atoms with van der Waals surface area (Å²) in [6.45, 7) is 3.32. The molecule has 230 valence electrons. The fraction of sp³-hybridized carbons (Fsp3) is 0.212. The van der Waals surface area contributed by atoms with Gasteiger partial charge in [0.15, 0.2) is 0 Å². The lowest BCUT2D eigenvalue weighted by atomic mass is 10.0. The molecule has 2 amide bonds. The molecule has 0 aliphatic carbocycles. The highest BCUT2D eigenvalue weighted by molar-refractivity contribution is 7.92. The standard InChI is InChI=1S/C33H32Cl3N3O4S/c1-3-37-33(41)31(19-24-9-5-4-6-10-24)38(21-25-12-13-27(35)20-30(25)36)32(40)22-39(28-11-7-8-23(2)18-28)44(42,43)29-16-14-26(34)15-17-29/h4-18,20,31H,3,19,21-22H2,1-2H3,(H,37,41). The Balaban J connectivity index is 1.82. The molecule has 1 N–H and O–H groups in total. The predicted octanol–water partition coefficient (Wildman–Crippen LogP) is 6.93. The van der Waals surface area contributed by atoms with Crippen molar-refractivity contribution >= 4 is 62.3 Å². The van der Waals surface area contributed by atoms with E-state index in [9.17, 15) is 18.0 Å². The number of rotatable bonds is 12. The van der Waals surface area contributed by atoms with Crippen molar-refractivity contribution in [3.05, 3.63) is 129 Å². The Labute approximate surface area is 273 Å². The summed E-state index contributed by atoms with van der Waals surface area (Å²) in [7, 11) is -4.23. The molecule has 1 unspecified atom stereocenters. The summed E-state index contributed by atoms with van der Waals surface area (Å²) in [6.07, 6.45) is 0.192. The monoisotopic (exact) mass is 671 g/mol.